The van der Waals surface area contributed by atoms with Gasteiger partial charge in [0.05, 0.1) is 18.4 Å². The van der Waals surface area contributed by atoms with Crippen LogP contribution in [0.25, 0.3) is 0 Å². The van der Waals surface area contributed by atoms with Crippen LogP contribution in [0.5, 0.6) is 0 Å². The molecular weight excluding hydrogens is 352 g/mol. The van der Waals surface area contributed by atoms with Crippen LogP contribution in [0, 0.1) is 5.92 Å². The molecule has 6 heteroatoms. The van der Waals surface area contributed by atoms with Crippen LogP contribution in [0.4, 0.5) is 0 Å². The van der Waals surface area contributed by atoms with E-state index in [0.29, 0.717) is 12.6 Å². The minimum absolute atomic E-state index is 0.107. The van der Waals surface area contributed by atoms with Gasteiger partial charge in [-0.2, -0.15) is 0 Å². The third kappa shape index (κ3) is 5.00. The lowest BCUT2D eigenvalue weighted by atomic mass is 9.93. The number of rotatable bonds is 6. The molecule has 2 saturated heterocycles. The van der Waals surface area contributed by atoms with Gasteiger partial charge in [0.25, 0.3) is 0 Å². The Bertz CT molecular complexity index is 726. The highest BCUT2D eigenvalue weighted by molar-refractivity contribution is 5.78. The molecule has 0 unspecified atom stereocenters. The summed E-state index contributed by atoms with van der Waals surface area (Å²) < 4.78 is 5.07. The first kappa shape index (κ1) is 19.2. The molecule has 2 fully saturated rings. The van der Waals surface area contributed by atoms with Gasteiger partial charge in [0.2, 0.25) is 5.91 Å². The zero-order valence-electron chi connectivity index (χ0n) is 16.4. The quantitative estimate of drug-likeness (QED) is 0.832. The van der Waals surface area contributed by atoms with Crippen molar-refractivity contribution < 1.29 is 9.21 Å². The number of hydrogen-bond donors (Lipinski definition) is 1. The lowest BCUT2D eigenvalue weighted by Gasteiger charge is -2.42. The third-order valence-electron chi connectivity index (χ3n) is 6.10. The van der Waals surface area contributed by atoms with Crippen LogP contribution in [0.1, 0.15) is 36.8 Å². The number of carbonyl (C=O) groups excluding carboxylic acids is 1. The molecule has 150 valence electrons. The minimum Gasteiger partial charge on any atom is -0.472 e. The number of carbonyl (C=O) groups is 1. The number of aromatic nitrogens is 1. The van der Waals surface area contributed by atoms with E-state index in [1.807, 2.05) is 18.5 Å². The molecule has 0 bridgehead atoms. The number of furan rings is 1. The van der Waals surface area contributed by atoms with E-state index in [4.69, 9.17) is 4.42 Å². The molecule has 2 aromatic heterocycles. The smallest absolute Gasteiger partial charge is 0.224 e. The van der Waals surface area contributed by atoms with Gasteiger partial charge >= 0.3 is 0 Å². The molecule has 1 atom stereocenters. The third-order valence-corrected chi connectivity index (χ3v) is 6.10. The second-order valence-corrected chi connectivity index (χ2v) is 8.05. The van der Waals surface area contributed by atoms with Gasteiger partial charge in [0.15, 0.2) is 0 Å². The van der Waals surface area contributed by atoms with Gasteiger partial charge in [-0.15, -0.1) is 0 Å². The Morgan fingerprint density at radius 3 is 2.68 bits per heavy atom. The standard InChI is InChI=1S/C22H30N4O2/c27-22(24-14-19-7-13-28-17-19)20-2-1-10-26(16-20)21-5-11-25(12-6-21)15-18-3-8-23-9-4-18/h3-4,7-9,13,17,20-21H,1-2,5-6,10-12,14-16H2,(H,24,27)/t20-/m1/s1. The molecule has 0 radical (unpaired) electrons. The summed E-state index contributed by atoms with van der Waals surface area (Å²) in [6, 6.07) is 6.71. The first-order valence-corrected chi connectivity index (χ1v) is 10.4. The average molecular weight is 383 g/mol. The van der Waals surface area contributed by atoms with E-state index in [-0.39, 0.29) is 11.8 Å². The van der Waals surface area contributed by atoms with Crippen molar-refractivity contribution >= 4 is 5.91 Å². The number of pyridine rings is 1. The van der Waals surface area contributed by atoms with Gasteiger partial charge < -0.3 is 9.73 Å². The first-order chi connectivity index (χ1) is 13.8. The molecule has 6 nitrogen and oxygen atoms in total. The van der Waals surface area contributed by atoms with Gasteiger partial charge in [-0.05, 0) is 69.1 Å². The van der Waals surface area contributed by atoms with Crippen molar-refractivity contribution in [3.05, 3.63) is 54.2 Å². The lowest BCUT2D eigenvalue weighted by Crippen LogP contribution is -2.50. The molecule has 28 heavy (non-hydrogen) atoms. The Morgan fingerprint density at radius 1 is 1.11 bits per heavy atom. The topological polar surface area (TPSA) is 61.6 Å². The molecule has 0 aliphatic carbocycles. The molecule has 0 spiro atoms. The lowest BCUT2D eigenvalue weighted by molar-refractivity contribution is -0.127. The Kier molecular flexibility index (Phi) is 6.39. The van der Waals surface area contributed by atoms with Crippen LogP contribution in [-0.4, -0.2) is 52.9 Å². The highest BCUT2D eigenvalue weighted by atomic mass is 16.3. The molecular formula is C22H30N4O2. The second kappa shape index (κ2) is 9.34. The Labute approximate surface area is 166 Å². The van der Waals surface area contributed by atoms with Crippen molar-refractivity contribution in [1.29, 1.82) is 0 Å². The summed E-state index contributed by atoms with van der Waals surface area (Å²) in [5.41, 5.74) is 2.35. The number of amides is 1. The van der Waals surface area contributed by atoms with Gasteiger partial charge in [0.1, 0.15) is 0 Å². The summed E-state index contributed by atoms with van der Waals surface area (Å²) in [4.78, 5) is 21.8. The van der Waals surface area contributed by atoms with Crippen molar-refractivity contribution in [1.82, 2.24) is 20.1 Å². The molecule has 0 saturated carbocycles. The maximum atomic E-state index is 12.6. The number of likely N-dealkylation sites (tertiary alicyclic amines) is 2. The fraction of sp³-hybridized carbons (Fsp3) is 0.545. The zero-order valence-corrected chi connectivity index (χ0v) is 16.4. The number of nitrogens with one attached hydrogen (secondary N) is 1. The van der Waals surface area contributed by atoms with Gasteiger partial charge in [-0.25, -0.2) is 0 Å². The summed E-state index contributed by atoms with van der Waals surface area (Å²) in [5, 5.41) is 3.07. The van der Waals surface area contributed by atoms with Crippen LogP contribution < -0.4 is 5.32 Å². The second-order valence-electron chi connectivity index (χ2n) is 8.05. The van der Waals surface area contributed by atoms with E-state index in [0.717, 1.165) is 51.1 Å². The van der Waals surface area contributed by atoms with Gasteiger partial charge in [-0.1, -0.05) is 0 Å². The van der Waals surface area contributed by atoms with E-state index in [2.05, 4.69) is 32.2 Å². The maximum absolute atomic E-state index is 12.6. The monoisotopic (exact) mass is 382 g/mol. The van der Waals surface area contributed by atoms with Crippen molar-refractivity contribution in [2.45, 2.75) is 44.8 Å². The largest absolute Gasteiger partial charge is 0.472 e. The summed E-state index contributed by atoms with van der Waals surface area (Å²) in [5.74, 6) is 0.288. The summed E-state index contributed by atoms with van der Waals surface area (Å²) in [6.07, 6.45) is 11.6. The molecule has 4 rings (SSSR count). The first-order valence-electron chi connectivity index (χ1n) is 10.4. The van der Waals surface area contributed by atoms with E-state index in [9.17, 15) is 4.79 Å². The Balaban J connectivity index is 1.23. The number of hydrogen-bond acceptors (Lipinski definition) is 5. The van der Waals surface area contributed by atoms with E-state index in [1.54, 1.807) is 12.5 Å². The van der Waals surface area contributed by atoms with Gasteiger partial charge in [-0.3, -0.25) is 19.6 Å². The molecule has 1 amide bonds. The Hall–Kier alpha value is -2.18. The molecule has 2 aliphatic rings. The van der Waals surface area contributed by atoms with Crippen molar-refractivity contribution in [3.8, 4) is 0 Å². The number of piperidine rings is 2. The molecule has 1 N–H and O–H groups in total. The molecule has 0 aromatic carbocycles. The highest BCUT2D eigenvalue weighted by Crippen LogP contribution is 2.24. The van der Waals surface area contributed by atoms with Crippen molar-refractivity contribution in [2.24, 2.45) is 5.92 Å². The highest BCUT2D eigenvalue weighted by Gasteiger charge is 2.31. The van der Waals surface area contributed by atoms with Crippen molar-refractivity contribution in [3.63, 3.8) is 0 Å². The normalized spacial score (nSPS) is 22.2. The maximum Gasteiger partial charge on any atom is 0.224 e. The van der Waals surface area contributed by atoms with E-state index < -0.39 is 0 Å². The zero-order chi connectivity index (χ0) is 19.2. The van der Waals surface area contributed by atoms with Crippen LogP contribution in [-0.2, 0) is 17.9 Å². The molecule has 2 aliphatic heterocycles. The van der Waals surface area contributed by atoms with Gasteiger partial charge in [0, 0.05) is 43.6 Å². The van der Waals surface area contributed by atoms with Crippen LogP contribution in [0.3, 0.4) is 0 Å². The van der Waals surface area contributed by atoms with Crippen molar-refractivity contribution in [2.75, 3.05) is 26.2 Å². The average Bonchev–Trinajstić information content (AvgIpc) is 3.27. The van der Waals surface area contributed by atoms with Crippen LogP contribution in [0.15, 0.2) is 47.5 Å². The molecule has 2 aromatic rings. The Morgan fingerprint density at radius 2 is 1.93 bits per heavy atom. The minimum atomic E-state index is 0.107. The predicted molar refractivity (Wildman–Crippen MR) is 107 cm³/mol. The van der Waals surface area contributed by atoms with E-state index in [1.165, 1.54) is 18.4 Å². The summed E-state index contributed by atoms with van der Waals surface area (Å²) in [6.45, 7) is 5.84. The van der Waals surface area contributed by atoms with Crippen LogP contribution in [0.2, 0.25) is 0 Å². The summed E-state index contributed by atoms with van der Waals surface area (Å²) >= 11 is 0. The predicted octanol–water partition coefficient (Wildman–Crippen LogP) is 2.67. The summed E-state index contributed by atoms with van der Waals surface area (Å²) in [7, 11) is 0. The SMILES string of the molecule is O=C(NCc1ccoc1)[C@@H]1CCCN(C2CCN(Cc3ccncc3)CC2)C1. The fourth-order valence-electron chi connectivity index (χ4n) is 4.47. The van der Waals surface area contributed by atoms with Crippen LogP contribution >= 0.6 is 0 Å². The molecule has 4 heterocycles. The number of nitrogens with zero attached hydrogens (tertiary/aromatic N) is 3. The fourth-order valence-corrected chi connectivity index (χ4v) is 4.47. The van der Waals surface area contributed by atoms with E-state index >= 15 is 0 Å².